The van der Waals surface area contributed by atoms with Crippen molar-refractivity contribution in [3.05, 3.63) is 0 Å². The number of ether oxygens (including phenoxy) is 2. The summed E-state index contributed by atoms with van der Waals surface area (Å²) in [5, 5.41) is 10.6. The molecule has 0 atom stereocenters. The molecule has 0 heterocycles. The second-order valence-corrected chi connectivity index (χ2v) is 1.61. The zero-order valence-corrected chi connectivity index (χ0v) is 5.92. The molecule has 5 heteroatoms. The lowest BCUT2D eigenvalue weighted by molar-refractivity contribution is -0.0514. The van der Waals surface area contributed by atoms with Crippen molar-refractivity contribution in [1.82, 2.24) is 0 Å². The largest absolute Gasteiger partial charge is 0.410 e. The third-order valence-electron chi connectivity index (χ3n) is 0.718. The van der Waals surface area contributed by atoms with Gasteiger partial charge in [0.2, 0.25) is 11.5 Å². The first-order valence-corrected chi connectivity index (χ1v) is 2.57. The van der Waals surface area contributed by atoms with E-state index in [2.05, 4.69) is 14.6 Å². The zero-order chi connectivity index (χ0) is 7.28. The average Bonchev–Trinajstić information content (AvgIpc) is 1.90. The normalized spacial score (nSPS) is 12.7. The summed E-state index contributed by atoms with van der Waals surface area (Å²) in [5.74, 6) is 0. The molecule has 0 fully saturated rings. The van der Waals surface area contributed by atoms with Crippen LogP contribution in [-0.2, 0) is 9.47 Å². The number of hydrogen-bond acceptors (Lipinski definition) is 4. The molecule has 1 N–H and O–H groups in total. The van der Waals surface area contributed by atoms with Crippen molar-refractivity contribution in [3.8, 4) is 0 Å². The molecule has 0 rings (SSSR count). The van der Waals surface area contributed by atoms with E-state index >= 15 is 0 Å². The van der Waals surface area contributed by atoms with Crippen molar-refractivity contribution < 1.29 is 14.7 Å². The standard InChI is InChI=1S/C4H8ClNO3/c1-8-4(9-2)3(5)6-7/h4,7H,1-2H3/b6-3+. The highest BCUT2D eigenvalue weighted by Crippen LogP contribution is 1.98. The number of nitrogens with zero attached hydrogens (tertiary/aromatic N) is 1. The second-order valence-electron chi connectivity index (χ2n) is 1.23. The van der Waals surface area contributed by atoms with Gasteiger partial charge >= 0.3 is 0 Å². The Labute approximate surface area is 58.0 Å². The van der Waals surface area contributed by atoms with Crippen LogP contribution in [0.3, 0.4) is 0 Å². The maximum atomic E-state index is 8.06. The molecule has 0 radical (unpaired) electrons. The quantitative estimate of drug-likeness (QED) is 0.280. The molecule has 4 nitrogen and oxygen atoms in total. The Hall–Kier alpha value is -0.320. The Morgan fingerprint density at radius 3 is 2.11 bits per heavy atom. The van der Waals surface area contributed by atoms with Crippen LogP contribution in [0.5, 0.6) is 0 Å². The van der Waals surface area contributed by atoms with Crippen molar-refractivity contribution in [2.24, 2.45) is 5.16 Å². The first kappa shape index (κ1) is 8.68. The molecular formula is C4H8ClNO3. The summed E-state index contributed by atoms with van der Waals surface area (Å²) in [4.78, 5) is 0. The fourth-order valence-corrected chi connectivity index (χ4v) is 0.516. The maximum absolute atomic E-state index is 8.06. The van der Waals surface area contributed by atoms with Crippen LogP contribution in [-0.4, -0.2) is 30.9 Å². The molecule has 0 aliphatic heterocycles. The highest BCUT2D eigenvalue weighted by atomic mass is 35.5. The molecule has 0 aromatic rings. The van der Waals surface area contributed by atoms with Crippen LogP contribution in [0.15, 0.2) is 5.16 Å². The van der Waals surface area contributed by atoms with E-state index in [9.17, 15) is 0 Å². The van der Waals surface area contributed by atoms with Crippen molar-refractivity contribution in [1.29, 1.82) is 0 Å². The van der Waals surface area contributed by atoms with E-state index in [1.807, 2.05) is 0 Å². The van der Waals surface area contributed by atoms with Crippen LogP contribution in [0.2, 0.25) is 0 Å². The molecule has 0 aliphatic rings. The lowest BCUT2D eigenvalue weighted by Gasteiger charge is -2.08. The van der Waals surface area contributed by atoms with Crippen LogP contribution < -0.4 is 0 Å². The summed E-state index contributed by atoms with van der Waals surface area (Å²) in [7, 11) is 2.78. The molecule has 0 bridgehead atoms. The lowest BCUT2D eigenvalue weighted by Crippen LogP contribution is -2.20. The first-order valence-electron chi connectivity index (χ1n) is 2.19. The summed E-state index contributed by atoms with van der Waals surface area (Å²) in [6.45, 7) is 0. The Kier molecular flexibility index (Phi) is 4.39. The van der Waals surface area contributed by atoms with Gasteiger partial charge in [0.15, 0.2) is 0 Å². The third kappa shape index (κ3) is 2.64. The highest BCUT2D eigenvalue weighted by molar-refractivity contribution is 6.66. The third-order valence-corrected chi connectivity index (χ3v) is 0.972. The van der Waals surface area contributed by atoms with Crippen molar-refractivity contribution >= 4 is 16.8 Å². The smallest absolute Gasteiger partial charge is 0.215 e. The topological polar surface area (TPSA) is 51.0 Å². The van der Waals surface area contributed by atoms with Crippen LogP contribution in [0, 0.1) is 0 Å². The van der Waals surface area contributed by atoms with Crippen LogP contribution in [0.4, 0.5) is 0 Å². The van der Waals surface area contributed by atoms with Gasteiger partial charge in [0.05, 0.1) is 0 Å². The fraction of sp³-hybridized carbons (Fsp3) is 0.750. The molecule has 0 aromatic carbocycles. The van der Waals surface area contributed by atoms with E-state index in [1.54, 1.807) is 0 Å². The van der Waals surface area contributed by atoms with Crippen molar-refractivity contribution in [2.45, 2.75) is 6.29 Å². The highest BCUT2D eigenvalue weighted by Gasteiger charge is 2.10. The molecule has 54 valence electrons. The molecule has 0 aromatic heterocycles. The van der Waals surface area contributed by atoms with Gasteiger partial charge in [-0.1, -0.05) is 16.8 Å². The molecule has 0 amide bonds. The second kappa shape index (κ2) is 4.55. The summed E-state index contributed by atoms with van der Waals surface area (Å²) < 4.78 is 9.21. The van der Waals surface area contributed by atoms with Gasteiger partial charge in [0.25, 0.3) is 0 Å². The average molecular weight is 154 g/mol. The van der Waals surface area contributed by atoms with E-state index in [0.29, 0.717) is 0 Å². The summed E-state index contributed by atoms with van der Waals surface area (Å²) in [5.41, 5.74) is 0. The number of halogens is 1. The molecule has 0 aliphatic carbocycles. The lowest BCUT2D eigenvalue weighted by atomic mass is 10.7. The minimum absolute atomic E-state index is 0.125. The summed E-state index contributed by atoms with van der Waals surface area (Å²) >= 11 is 5.28. The van der Waals surface area contributed by atoms with Gasteiger partial charge in [-0.2, -0.15) is 0 Å². The summed E-state index contributed by atoms with van der Waals surface area (Å²) in [6, 6.07) is 0. The fourth-order valence-electron chi connectivity index (χ4n) is 0.338. The van der Waals surface area contributed by atoms with Gasteiger partial charge in [0, 0.05) is 14.2 Å². The summed E-state index contributed by atoms with van der Waals surface area (Å²) in [6.07, 6.45) is -0.767. The van der Waals surface area contributed by atoms with Crippen LogP contribution in [0.1, 0.15) is 0 Å². The molecular weight excluding hydrogens is 146 g/mol. The predicted molar refractivity (Wildman–Crippen MR) is 32.9 cm³/mol. The monoisotopic (exact) mass is 153 g/mol. The number of hydrogen-bond donors (Lipinski definition) is 1. The van der Waals surface area contributed by atoms with Gasteiger partial charge < -0.3 is 14.7 Å². The van der Waals surface area contributed by atoms with Gasteiger partial charge in [0.1, 0.15) is 0 Å². The van der Waals surface area contributed by atoms with E-state index in [1.165, 1.54) is 14.2 Å². The molecule has 0 saturated carbocycles. The first-order chi connectivity index (χ1) is 4.26. The Balaban J connectivity index is 3.79. The van der Waals surface area contributed by atoms with E-state index in [0.717, 1.165) is 0 Å². The molecule has 9 heavy (non-hydrogen) atoms. The van der Waals surface area contributed by atoms with Crippen molar-refractivity contribution in [2.75, 3.05) is 14.2 Å². The SMILES string of the molecule is COC(OC)/C(Cl)=N\O. The van der Waals surface area contributed by atoms with Gasteiger partial charge in [-0.15, -0.1) is 0 Å². The molecule has 0 spiro atoms. The van der Waals surface area contributed by atoms with Crippen molar-refractivity contribution in [3.63, 3.8) is 0 Å². The number of oxime groups is 1. The van der Waals surface area contributed by atoms with Crippen LogP contribution >= 0.6 is 11.6 Å². The molecule has 0 unspecified atom stereocenters. The Morgan fingerprint density at radius 2 is 2.00 bits per heavy atom. The van der Waals surface area contributed by atoms with Crippen LogP contribution in [0.25, 0.3) is 0 Å². The maximum Gasteiger partial charge on any atom is 0.215 e. The Bertz CT molecular complexity index is 102. The minimum atomic E-state index is -0.767. The Morgan fingerprint density at radius 1 is 1.56 bits per heavy atom. The molecule has 0 saturated heterocycles. The van der Waals surface area contributed by atoms with E-state index in [4.69, 9.17) is 16.8 Å². The van der Waals surface area contributed by atoms with Gasteiger partial charge in [-0.05, 0) is 0 Å². The van der Waals surface area contributed by atoms with E-state index < -0.39 is 6.29 Å². The van der Waals surface area contributed by atoms with E-state index in [-0.39, 0.29) is 5.17 Å². The number of rotatable bonds is 3. The van der Waals surface area contributed by atoms with Gasteiger partial charge in [-0.3, -0.25) is 0 Å². The number of methoxy groups -OCH3 is 2. The van der Waals surface area contributed by atoms with Gasteiger partial charge in [-0.25, -0.2) is 0 Å². The minimum Gasteiger partial charge on any atom is -0.410 e. The zero-order valence-electron chi connectivity index (χ0n) is 5.17. The predicted octanol–water partition coefficient (Wildman–Crippen LogP) is 0.632.